The number of halogens is 2. The van der Waals surface area contributed by atoms with Crippen LogP contribution in [-0.2, 0) is 24.8 Å². The minimum atomic E-state index is -4.53. The van der Waals surface area contributed by atoms with Gasteiger partial charge in [0, 0.05) is 18.8 Å². The standard InChI is InChI=1S/C16H18F2N2O5S2/c1-11(10-25-2)19-26(21,22)13-8-6-12(7-9-13)20-27(23,24)16-14(17)4-3-5-15(16)18/h3-9,11,19-20H,10H2,1-2H3/t11-/m1/s1. The van der Waals surface area contributed by atoms with Gasteiger partial charge in [0.15, 0.2) is 4.90 Å². The molecule has 0 radical (unpaired) electrons. The van der Waals surface area contributed by atoms with E-state index in [1.165, 1.54) is 19.2 Å². The molecule has 148 valence electrons. The van der Waals surface area contributed by atoms with Crippen molar-refractivity contribution in [3.05, 3.63) is 54.1 Å². The predicted octanol–water partition coefficient (Wildman–Crippen LogP) is 2.08. The van der Waals surface area contributed by atoms with Crippen LogP contribution in [0.5, 0.6) is 0 Å². The van der Waals surface area contributed by atoms with Crippen molar-refractivity contribution in [2.24, 2.45) is 0 Å². The summed E-state index contributed by atoms with van der Waals surface area (Å²) in [5.74, 6) is -2.48. The summed E-state index contributed by atoms with van der Waals surface area (Å²) in [5.41, 5.74) is -0.0541. The lowest BCUT2D eigenvalue weighted by Gasteiger charge is -2.14. The highest BCUT2D eigenvalue weighted by atomic mass is 32.2. The molecule has 0 spiro atoms. The third-order valence-electron chi connectivity index (χ3n) is 3.38. The monoisotopic (exact) mass is 420 g/mol. The molecule has 11 heteroatoms. The van der Waals surface area contributed by atoms with Crippen LogP contribution in [0.25, 0.3) is 0 Å². The summed E-state index contributed by atoms with van der Waals surface area (Å²) in [6.45, 7) is 1.79. The van der Waals surface area contributed by atoms with E-state index in [9.17, 15) is 25.6 Å². The van der Waals surface area contributed by atoms with E-state index < -0.39 is 42.6 Å². The molecule has 2 N–H and O–H groups in total. The first-order valence-electron chi connectivity index (χ1n) is 7.65. The summed E-state index contributed by atoms with van der Waals surface area (Å²) >= 11 is 0. The Bertz CT molecular complexity index is 989. The van der Waals surface area contributed by atoms with Gasteiger partial charge in [-0.05, 0) is 43.3 Å². The summed E-state index contributed by atoms with van der Waals surface area (Å²) < 4.78 is 85.5. The van der Waals surface area contributed by atoms with E-state index in [2.05, 4.69) is 4.72 Å². The maximum absolute atomic E-state index is 13.7. The molecule has 27 heavy (non-hydrogen) atoms. The third-order valence-corrected chi connectivity index (χ3v) is 6.41. The lowest BCUT2D eigenvalue weighted by Crippen LogP contribution is -2.35. The molecule has 0 amide bonds. The molecule has 0 heterocycles. The SMILES string of the molecule is COC[C@@H](C)NS(=O)(=O)c1ccc(NS(=O)(=O)c2c(F)cccc2F)cc1. The minimum Gasteiger partial charge on any atom is -0.383 e. The zero-order valence-corrected chi connectivity index (χ0v) is 16.1. The van der Waals surface area contributed by atoms with Crippen LogP contribution in [0.3, 0.4) is 0 Å². The number of methoxy groups -OCH3 is 1. The van der Waals surface area contributed by atoms with Gasteiger partial charge in [-0.3, -0.25) is 4.72 Å². The van der Waals surface area contributed by atoms with Gasteiger partial charge in [-0.2, -0.15) is 0 Å². The van der Waals surface area contributed by atoms with Gasteiger partial charge in [0.05, 0.1) is 11.5 Å². The van der Waals surface area contributed by atoms with E-state index in [4.69, 9.17) is 4.74 Å². The average molecular weight is 420 g/mol. The fourth-order valence-corrected chi connectivity index (χ4v) is 4.69. The molecule has 2 rings (SSSR count). The van der Waals surface area contributed by atoms with Crippen molar-refractivity contribution in [1.29, 1.82) is 0 Å². The van der Waals surface area contributed by atoms with E-state index in [0.29, 0.717) is 0 Å². The third kappa shape index (κ3) is 5.22. The maximum Gasteiger partial charge on any atom is 0.267 e. The molecule has 0 saturated carbocycles. The molecule has 0 aromatic heterocycles. The predicted molar refractivity (Wildman–Crippen MR) is 95.3 cm³/mol. The molecule has 0 fully saturated rings. The summed E-state index contributed by atoms with van der Waals surface area (Å²) in [6, 6.07) is 6.88. The fourth-order valence-electron chi connectivity index (χ4n) is 2.26. The van der Waals surface area contributed by atoms with Gasteiger partial charge in [0.1, 0.15) is 11.6 Å². The van der Waals surface area contributed by atoms with Crippen LogP contribution >= 0.6 is 0 Å². The van der Waals surface area contributed by atoms with Crippen molar-refractivity contribution in [2.45, 2.75) is 22.8 Å². The molecule has 2 aromatic carbocycles. The molecule has 0 aliphatic rings. The summed E-state index contributed by atoms with van der Waals surface area (Å²) in [5, 5.41) is 0. The highest BCUT2D eigenvalue weighted by Gasteiger charge is 2.24. The van der Waals surface area contributed by atoms with E-state index in [1.807, 2.05) is 4.72 Å². The van der Waals surface area contributed by atoms with Crippen molar-refractivity contribution < 1.29 is 30.4 Å². The second-order valence-electron chi connectivity index (χ2n) is 5.66. The molecule has 0 aliphatic carbocycles. The number of hydrogen-bond acceptors (Lipinski definition) is 5. The molecule has 0 unspecified atom stereocenters. The van der Waals surface area contributed by atoms with Crippen molar-refractivity contribution >= 4 is 25.7 Å². The Kier molecular flexibility index (Phi) is 6.52. The van der Waals surface area contributed by atoms with E-state index >= 15 is 0 Å². The summed E-state index contributed by atoms with van der Waals surface area (Å²) in [7, 11) is -6.93. The Morgan fingerprint density at radius 1 is 0.963 bits per heavy atom. The van der Waals surface area contributed by atoms with Gasteiger partial charge in [-0.25, -0.2) is 30.3 Å². The topological polar surface area (TPSA) is 102 Å². The van der Waals surface area contributed by atoms with Crippen molar-refractivity contribution in [3.8, 4) is 0 Å². The Morgan fingerprint density at radius 3 is 2.04 bits per heavy atom. The number of anilines is 1. The Hall–Kier alpha value is -2.08. The van der Waals surface area contributed by atoms with E-state index in [-0.39, 0.29) is 17.2 Å². The van der Waals surface area contributed by atoms with Crippen LogP contribution in [0.4, 0.5) is 14.5 Å². The molecule has 0 aliphatic heterocycles. The number of nitrogens with one attached hydrogen (secondary N) is 2. The first kappa shape index (κ1) is 21.2. The maximum atomic E-state index is 13.7. The first-order chi connectivity index (χ1) is 12.6. The Morgan fingerprint density at radius 2 is 1.52 bits per heavy atom. The average Bonchev–Trinajstić information content (AvgIpc) is 2.54. The number of sulfonamides is 2. The van der Waals surface area contributed by atoms with Crippen LogP contribution in [-0.4, -0.2) is 36.6 Å². The number of benzene rings is 2. The molecule has 7 nitrogen and oxygen atoms in total. The number of rotatable bonds is 8. The molecule has 0 saturated heterocycles. The quantitative estimate of drug-likeness (QED) is 0.681. The van der Waals surface area contributed by atoms with Crippen molar-refractivity contribution in [3.63, 3.8) is 0 Å². The lowest BCUT2D eigenvalue weighted by atomic mass is 10.3. The Labute approximate surface area is 156 Å². The van der Waals surface area contributed by atoms with Crippen molar-refractivity contribution in [1.82, 2.24) is 4.72 Å². The smallest absolute Gasteiger partial charge is 0.267 e. The van der Waals surface area contributed by atoms with Crippen molar-refractivity contribution in [2.75, 3.05) is 18.4 Å². The fraction of sp³-hybridized carbons (Fsp3) is 0.250. The van der Waals surface area contributed by atoms with E-state index in [0.717, 1.165) is 30.3 Å². The number of ether oxygens (including phenoxy) is 1. The van der Waals surface area contributed by atoms with E-state index in [1.54, 1.807) is 6.92 Å². The first-order valence-corrected chi connectivity index (χ1v) is 10.6. The molecular formula is C16H18F2N2O5S2. The summed E-state index contributed by atoms with van der Waals surface area (Å²) in [4.78, 5) is -1.22. The minimum absolute atomic E-state index is 0.0541. The number of hydrogen-bond donors (Lipinski definition) is 2. The zero-order chi connectivity index (χ0) is 20.2. The zero-order valence-electron chi connectivity index (χ0n) is 14.4. The normalized spacial score (nSPS) is 13.3. The highest BCUT2D eigenvalue weighted by molar-refractivity contribution is 7.92. The van der Waals surface area contributed by atoms with Crippen LogP contribution in [0.1, 0.15) is 6.92 Å². The van der Waals surface area contributed by atoms with Crippen LogP contribution < -0.4 is 9.44 Å². The largest absolute Gasteiger partial charge is 0.383 e. The van der Waals surface area contributed by atoms with Crippen LogP contribution in [0.15, 0.2) is 52.3 Å². The van der Waals surface area contributed by atoms with Gasteiger partial charge < -0.3 is 4.74 Å². The van der Waals surface area contributed by atoms with Crippen LogP contribution in [0.2, 0.25) is 0 Å². The highest BCUT2D eigenvalue weighted by Crippen LogP contribution is 2.22. The molecule has 0 bridgehead atoms. The van der Waals surface area contributed by atoms with Gasteiger partial charge >= 0.3 is 0 Å². The second kappa shape index (κ2) is 8.30. The Balaban J connectivity index is 2.23. The molecule has 2 aromatic rings. The van der Waals surface area contributed by atoms with Gasteiger partial charge in [-0.15, -0.1) is 0 Å². The van der Waals surface area contributed by atoms with Gasteiger partial charge in [-0.1, -0.05) is 6.07 Å². The second-order valence-corrected chi connectivity index (χ2v) is 8.99. The summed E-state index contributed by atoms with van der Waals surface area (Å²) in [6.07, 6.45) is 0. The molecular weight excluding hydrogens is 402 g/mol. The lowest BCUT2D eigenvalue weighted by molar-refractivity contribution is 0.180. The molecule has 1 atom stereocenters. The van der Waals surface area contributed by atoms with Gasteiger partial charge in [0.25, 0.3) is 10.0 Å². The van der Waals surface area contributed by atoms with Crippen LogP contribution in [0, 0.1) is 11.6 Å². The van der Waals surface area contributed by atoms with Gasteiger partial charge in [0.2, 0.25) is 10.0 Å².